The second-order valence-electron chi connectivity index (χ2n) is 8.37. The summed E-state index contributed by atoms with van der Waals surface area (Å²) in [5, 5.41) is 38.6. The van der Waals surface area contributed by atoms with Crippen LogP contribution < -0.4 is 0 Å². The van der Waals surface area contributed by atoms with Gasteiger partial charge in [-0.25, -0.2) is 9.36 Å². The lowest BCUT2D eigenvalue weighted by Crippen LogP contribution is -2.59. The Morgan fingerprint density at radius 3 is 1.84 bits per heavy atom. The molecular weight excluding hydrogens is 443 g/mol. The Morgan fingerprint density at radius 1 is 0.844 bits per heavy atom. The molecule has 1 aliphatic rings. The molecule has 11 heteroatoms. The highest BCUT2D eigenvalue weighted by molar-refractivity contribution is 7.70. The summed E-state index contributed by atoms with van der Waals surface area (Å²) in [6.45, 7) is 1.73. The second-order valence-corrected chi connectivity index (χ2v) is 10.1. The van der Waals surface area contributed by atoms with Crippen molar-refractivity contribution in [3.63, 3.8) is 0 Å². The van der Waals surface area contributed by atoms with Crippen molar-refractivity contribution < 1.29 is 48.7 Å². The molecule has 0 radical (unpaired) electrons. The van der Waals surface area contributed by atoms with Gasteiger partial charge < -0.3 is 34.8 Å². The lowest BCUT2D eigenvalue weighted by atomic mass is 9.99. The highest BCUT2D eigenvalue weighted by atomic mass is 31.2. The van der Waals surface area contributed by atoms with Crippen LogP contribution in [0.4, 0.5) is 4.79 Å². The number of ether oxygens (including phenoxy) is 2. The number of hydrogen-bond acceptors (Lipinski definition) is 8. The molecular formula is C21H41O10P. The molecule has 190 valence electrons. The zero-order valence-corrected chi connectivity index (χ0v) is 19.9. The third kappa shape index (κ3) is 11.0. The maximum Gasteiger partial charge on any atom is 0.435 e. The van der Waals surface area contributed by atoms with Crippen molar-refractivity contribution in [1.82, 2.24) is 0 Å². The number of unbranched alkanes of at least 4 members (excludes halogenated alkanes) is 11. The van der Waals surface area contributed by atoms with Gasteiger partial charge in [0.1, 0.15) is 24.4 Å². The molecule has 10 nitrogen and oxygen atoms in total. The minimum absolute atomic E-state index is 0.267. The maximum absolute atomic E-state index is 11.4. The van der Waals surface area contributed by atoms with Crippen molar-refractivity contribution in [3.05, 3.63) is 0 Å². The van der Waals surface area contributed by atoms with Crippen molar-refractivity contribution in [3.8, 4) is 0 Å². The summed E-state index contributed by atoms with van der Waals surface area (Å²) in [5.74, 6) is 0. The first-order chi connectivity index (χ1) is 15.2. The van der Waals surface area contributed by atoms with E-state index < -0.39 is 50.6 Å². The van der Waals surface area contributed by atoms with Crippen molar-refractivity contribution in [2.24, 2.45) is 0 Å². The van der Waals surface area contributed by atoms with Gasteiger partial charge in [-0.15, -0.1) is 0 Å². The van der Waals surface area contributed by atoms with Crippen molar-refractivity contribution in [2.45, 2.75) is 115 Å². The van der Waals surface area contributed by atoms with E-state index in [9.17, 15) is 29.6 Å². The summed E-state index contributed by atoms with van der Waals surface area (Å²) in [7, 11) is -4.92. The van der Waals surface area contributed by atoms with Gasteiger partial charge in [0.05, 0.1) is 6.61 Å². The average molecular weight is 485 g/mol. The van der Waals surface area contributed by atoms with E-state index in [1.807, 2.05) is 0 Å². The van der Waals surface area contributed by atoms with Crippen LogP contribution in [0.3, 0.4) is 0 Å². The van der Waals surface area contributed by atoms with Gasteiger partial charge in [0.2, 0.25) is 0 Å². The first-order valence-electron chi connectivity index (χ1n) is 11.7. The molecule has 32 heavy (non-hydrogen) atoms. The van der Waals surface area contributed by atoms with E-state index in [-0.39, 0.29) is 6.61 Å². The number of hydrogen-bond donors (Lipinski definition) is 5. The van der Waals surface area contributed by atoms with Crippen LogP contribution >= 0.6 is 7.60 Å². The van der Waals surface area contributed by atoms with Crippen LogP contribution in [-0.2, 0) is 18.6 Å². The molecule has 0 aliphatic carbocycles. The van der Waals surface area contributed by atoms with Crippen LogP contribution in [0.25, 0.3) is 0 Å². The Morgan fingerprint density at radius 2 is 1.34 bits per heavy atom. The molecule has 1 fully saturated rings. The van der Waals surface area contributed by atoms with E-state index in [0.29, 0.717) is 0 Å². The Labute approximate surface area is 190 Å². The van der Waals surface area contributed by atoms with Crippen molar-refractivity contribution >= 4 is 13.3 Å². The Hall–Kier alpha value is -0.580. The topological polar surface area (TPSA) is 163 Å². The monoisotopic (exact) mass is 484 g/mol. The Balaban J connectivity index is 2.19. The molecule has 1 heterocycles. The molecule has 0 bridgehead atoms. The molecule has 0 spiro atoms. The molecule has 0 saturated carbocycles. The van der Waals surface area contributed by atoms with E-state index in [4.69, 9.17) is 14.6 Å². The summed E-state index contributed by atoms with van der Waals surface area (Å²) >= 11 is 0. The molecule has 1 saturated heterocycles. The van der Waals surface area contributed by atoms with Gasteiger partial charge >= 0.3 is 13.3 Å². The quantitative estimate of drug-likeness (QED) is 0.144. The van der Waals surface area contributed by atoms with Gasteiger partial charge in [0.25, 0.3) is 0 Å². The molecule has 1 unspecified atom stereocenters. The standard InChI is InChI=1S/C21H41O10P/c1-2-3-4-5-6-7-8-9-10-11-12-13-14-29-20-19(24)18(23)17(22)16(31-20)15-30-32(27,28)21(25)26/h16-20,22-24H,2-15H2,1H3,(H,25,26)(H,27,28)/t16-,17-,18+,19-,20-/m1/s1. The number of aliphatic hydroxyl groups excluding tert-OH is 3. The smallest absolute Gasteiger partial charge is 0.435 e. The minimum Gasteiger partial charge on any atom is -0.472 e. The van der Waals surface area contributed by atoms with Crippen LogP contribution in [0.15, 0.2) is 0 Å². The van der Waals surface area contributed by atoms with E-state index >= 15 is 0 Å². The largest absolute Gasteiger partial charge is 0.472 e. The number of aliphatic hydroxyl groups is 3. The van der Waals surface area contributed by atoms with Gasteiger partial charge in [-0.2, -0.15) is 0 Å². The van der Waals surface area contributed by atoms with E-state index in [1.54, 1.807) is 0 Å². The average Bonchev–Trinajstić information content (AvgIpc) is 2.75. The summed E-state index contributed by atoms with van der Waals surface area (Å²) < 4.78 is 26.6. The Bertz CT molecular complexity index is 561. The fraction of sp³-hybridized carbons (Fsp3) is 0.952. The highest BCUT2D eigenvalue weighted by Gasteiger charge is 2.45. The van der Waals surface area contributed by atoms with Crippen LogP contribution in [0, 0.1) is 0 Å². The van der Waals surface area contributed by atoms with Gasteiger partial charge in [-0.05, 0) is 6.42 Å². The summed E-state index contributed by atoms with van der Waals surface area (Å²) in [6, 6.07) is 0. The molecule has 1 rings (SSSR count). The fourth-order valence-electron chi connectivity index (χ4n) is 3.56. The number of carboxylic acid groups (broad SMARTS) is 1. The second kappa shape index (κ2) is 16.1. The first-order valence-corrected chi connectivity index (χ1v) is 13.3. The molecule has 0 aromatic rings. The van der Waals surface area contributed by atoms with E-state index in [1.165, 1.54) is 51.4 Å². The lowest BCUT2D eigenvalue weighted by Gasteiger charge is -2.40. The predicted octanol–water partition coefficient (Wildman–Crippen LogP) is 3.39. The summed E-state index contributed by atoms with van der Waals surface area (Å²) in [6.07, 6.45) is 6.89. The molecule has 6 atom stereocenters. The maximum atomic E-state index is 11.4. The van der Waals surface area contributed by atoms with Crippen LogP contribution in [-0.4, -0.2) is 74.9 Å². The first kappa shape index (κ1) is 29.5. The predicted molar refractivity (Wildman–Crippen MR) is 118 cm³/mol. The van der Waals surface area contributed by atoms with Gasteiger partial charge in [-0.3, -0.25) is 4.52 Å². The SMILES string of the molecule is CCCCCCCCCCCCCCO[C@@H]1O[C@H](COP(=O)(O)C(=O)O)[C@@H](O)[C@H](O)[C@H]1O. The normalized spacial score (nSPS) is 27.8. The van der Waals surface area contributed by atoms with Gasteiger partial charge in [0.15, 0.2) is 6.29 Å². The van der Waals surface area contributed by atoms with Crippen LogP contribution in [0.5, 0.6) is 0 Å². The van der Waals surface area contributed by atoms with Crippen LogP contribution in [0.2, 0.25) is 0 Å². The lowest BCUT2D eigenvalue weighted by molar-refractivity contribution is -0.300. The number of carbonyl (C=O) groups is 1. The van der Waals surface area contributed by atoms with Crippen molar-refractivity contribution in [2.75, 3.05) is 13.2 Å². The number of rotatable bonds is 18. The summed E-state index contributed by atoms with van der Waals surface area (Å²) in [4.78, 5) is 19.8. The minimum atomic E-state index is -4.92. The highest BCUT2D eigenvalue weighted by Crippen LogP contribution is 2.43. The van der Waals surface area contributed by atoms with Crippen LogP contribution in [0.1, 0.15) is 84.0 Å². The fourth-order valence-corrected chi connectivity index (χ4v) is 4.02. The van der Waals surface area contributed by atoms with Gasteiger partial charge in [-0.1, -0.05) is 77.6 Å². The molecule has 0 aromatic heterocycles. The molecule has 1 aliphatic heterocycles. The van der Waals surface area contributed by atoms with Crippen molar-refractivity contribution in [1.29, 1.82) is 0 Å². The zero-order chi connectivity index (χ0) is 24.0. The van der Waals surface area contributed by atoms with Gasteiger partial charge in [0, 0.05) is 6.61 Å². The molecule has 0 amide bonds. The van der Waals surface area contributed by atoms with E-state index in [2.05, 4.69) is 11.4 Å². The zero-order valence-electron chi connectivity index (χ0n) is 19.0. The molecule has 0 aromatic carbocycles. The third-order valence-corrected chi connectivity index (χ3v) is 6.59. The Kier molecular flexibility index (Phi) is 14.8. The third-order valence-electron chi connectivity index (χ3n) is 5.60. The van der Waals surface area contributed by atoms with E-state index in [0.717, 1.165) is 25.7 Å². The summed E-state index contributed by atoms with van der Waals surface area (Å²) in [5.41, 5.74) is -2.04. The molecule has 5 N–H and O–H groups in total.